The van der Waals surface area contributed by atoms with Crippen LogP contribution in [0.1, 0.15) is 22.8 Å². The number of nitro groups is 1. The molecule has 5 nitrogen and oxygen atoms in total. The minimum Gasteiger partial charge on any atom is -0.383 e. The molecule has 0 unspecified atom stereocenters. The standard InChI is InChI=1S/C13H13F3N2O3/c1-6(5-17(3)4)13(19)8-9(14)7(2)10(15)11(16)12(8)18(20)21/h5H,1-4H3. The number of hydrogen-bond acceptors (Lipinski definition) is 4. The Kier molecular flexibility index (Phi) is 4.72. The van der Waals surface area contributed by atoms with Crippen LogP contribution in [0.3, 0.4) is 0 Å². The Morgan fingerprint density at radius 1 is 1.19 bits per heavy atom. The summed E-state index contributed by atoms with van der Waals surface area (Å²) in [7, 11) is 3.16. The van der Waals surface area contributed by atoms with Crippen molar-refractivity contribution in [3.8, 4) is 0 Å². The maximum Gasteiger partial charge on any atom is 0.321 e. The number of nitro benzene ring substituents is 1. The molecule has 0 N–H and O–H groups in total. The van der Waals surface area contributed by atoms with E-state index >= 15 is 0 Å². The minimum atomic E-state index is -1.85. The van der Waals surface area contributed by atoms with Crippen molar-refractivity contribution in [3.63, 3.8) is 0 Å². The van der Waals surface area contributed by atoms with E-state index in [9.17, 15) is 28.1 Å². The summed E-state index contributed by atoms with van der Waals surface area (Å²) >= 11 is 0. The summed E-state index contributed by atoms with van der Waals surface area (Å²) in [6.45, 7) is 2.20. The van der Waals surface area contributed by atoms with E-state index in [0.717, 1.165) is 6.92 Å². The molecular weight excluding hydrogens is 289 g/mol. The number of carbonyl (C=O) groups is 1. The first-order valence-corrected chi connectivity index (χ1v) is 5.80. The van der Waals surface area contributed by atoms with E-state index in [2.05, 4.69) is 0 Å². The molecule has 0 aliphatic rings. The Hall–Kier alpha value is -2.38. The molecule has 0 saturated heterocycles. The second-order valence-corrected chi connectivity index (χ2v) is 4.65. The molecule has 1 aromatic rings. The molecule has 8 heteroatoms. The smallest absolute Gasteiger partial charge is 0.321 e. The molecular formula is C13H13F3N2O3. The fraction of sp³-hybridized carbons (Fsp3) is 0.308. The van der Waals surface area contributed by atoms with Crippen molar-refractivity contribution >= 4 is 11.5 Å². The molecule has 0 saturated carbocycles. The molecule has 0 bridgehead atoms. The summed E-state index contributed by atoms with van der Waals surface area (Å²) in [6, 6.07) is 0. The maximum atomic E-state index is 14.0. The average Bonchev–Trinajstić information content (AvgIpc) is 2.38. The van der Waals surface area contributed by atoms with E-state index < -0.39 is 45.0 Å². The lowest BCUT2D eigenvalue weighted by Crippen LogP contribution is -2.15. The lowest BCUT2D eigenvalue weighted by atomic mass is 9.99. The van der Waals surface area contributed by atoms with Crippen LogP contribution in [0.5, 0.6) is 0 Å². The van der Waals surface area contributed by atoms with Gasteiger partial charge in [-0.05, 0) is 13.8 Å². The van der Waals surface area contributed by atoms with Crippen molar-refractivity contribution in [2.45, 2.75) is 13.8 Å². The topological polar surface area (TPSA) is 63.5 Å². The Bertz CT molecular complexity index is 655. The molecule has 0 fully saturated rings. The van der Waals surface area contributed by atoms with Gasteiger partial charge in [0, 0.05) is 31.4 Å². The van der Waals surface area contributed by atoms with Crippen LogP contribution in [-0.4, -0.2) is 29.7 Å². The SMILES string of the molecule is CC(=CN(C)C)C(=O)c1c(F)c(C)c(F)c(F)c1[N+](=O)[O-]. The molecule has 114 valence electrons. The highest BCUT2D eigenvalue weighted by molar-refractivity contribution is 6.11. The van der Waals surface area contributed by atoms with Crippen molar-refractivity contribution in [2.75, 3.05) is 14.1 Å². The fourth-order valence-electron chi connectivity index (χ4n) is 1.79. The molecule has 0 aliphatic heterocycles. The van der Waals surface area contributed by atoms with Crippen molar-refractivity contribution < 1.29 is 22.9 Å². The van der Waals surface area contributed by atoms with Gasteiger partial charge in [0.2, 0.25) is 5.82 Å². The molecule has 1 rings (SSSR count). The van der Waals surface area contributed by atoms with Crippen LogP contribution in [-0.2, 0) is 0 Å². The van der Waals surface area contributed by atoms with Crippen molar-refractivity contribution in [1.29, 1.82) is 0 Å². The van der Waals surface area contributed by atoms with Gasteiger partial charge in [-0.25, -0.2) is 8.78 Å². The monoisotopic (exact) mass is 302 g/mol. The predicted octanol–water partition coefficient (Wildman–Crippen LogP) is 2.97. The van der Waals surface area contributed by atoms with Gasteiger partial charge in [-0.2, -0.15) is 4.39 Å². The first-order chi connectivity index (χ1) is 9.59. The van der Waals surface area contributed by atoms with E-state index in [4.69, 9.17) is 0 Å². The summed E-state index contributed by atoms with van der Waals surface area (Å²) in [5.41, 5.74) is -3.40. The molecule has 0 amide bonds. The molecule has 0 aromatic heterocycles. The highest BCUT2D eigenvalue weighted by Gasteiger charge is 2.34. The first-order valence-electron chi connectivity index (χ1n) is 5.80. The lowest BCUT2D eigenvalue weighted by Gasteiger charge is -2.11. The number of carbonyl (C=O) groups excluding carboxylic acids is 1. The largest absolute Gasteiger partial charge is 0.383 e. The number of hydrogen-bond donors (Lipinski definition) is 0. The van der Waals surface area contributed by atoms with Gasteiger partial charge >= 0.3 is 5.69 Å². The molecule has 0 atom stereocenters. The number of rotatable bonds is 4. The molecule has 21 heavy (non-hydrogen) atoms. The summed E-state index contributed by atoms with van der Waals surface area (Å²) in [5.74, 6) is -6.03. The van der Waals surface area contributed by atoms with E-state index in [1.54, 1.807) is 14.1 Å². The molecule has 0 spiro atoms. The third-order valence-electron chi connectivity index (χ3n) is 2.74. The van der Waals surface area contributed by atoms with Crippen LogP contribution in [0, 0.1) is 34.5 Å². The average molecular weight is 302 g/mol. The van der Waals surface area contributed by atoms with Crippen molar-refractivity contribution in [1.82, 2.24) is 4.90 Å². The molecule has 0 radical (unpaired) electrons. The quantitative estimate of drug-likeness (QED) is 0.282. The second-order valence-electron chi connectivity index (χ2n) is 4.65. The van der Waals surface area contributed by atoms with Gasteiger partial charge in [-0.15, -0.1) is 0 Å². The zero-order chi connectivity index (χ0) is 16.5. The van der Waals surface area contributed by atoms with Crippen LogP contribution in [0.15, 0.2) is 11.8 Å². The maximum absolute atomic E-state index is 14.0. The van der Waals surface area contributed by atoms with Gasteiger partial charge in [0.05, 0.1) is 4.92 Å². The minimum absolute atomic E-state index is 0.0487. The Balaban J connectivity index is 3.70. The number of benzene rings is 1. The fourth-order valence-corrected chi connectivity index (χ4v) is 1.79. The summed E-state index contributed by atoms with van der Waals surface area (Å²) < 4.78 is 41.1. The number of allylic oxidation sites excluding steroid dienone is 1. The number of ketones is 1. The highest BCUT2D eigenvalue weighted by Crippen LogP contribution is 2.32. The number of Topliss-reactive ketones (excluding diaryl/α,β-unsaturated/α-hetero) is 1. The molecule has 0 heterocycles. The summed E-state index contributed by atoms with van der Waals surface area (Å²) in [6.07, 6.45) is 1.29. The van der Waals surface area contributed by atoms with E-state index in [1.807, 2.05) is 0 Å². The Labute approximate surface area is 118 Å². The zero-order valence-electron chi connectivity index (χ0n) is 11.8. The summed E-state index contributed by atoms with van der Waals surface area (Å²) in [4.78, 5) is 23.1. The van der Waals surface area contributed by atoms with Gasteiger partial charge < -0.3 is 4.90 Å². The Morgan fingerprint density at radius 3 is 2.14 bits per heavy atom. The van der Waals surface area contributed by atoms with Crippen LogP contribution in [0.25, 0.3) is 0 Å². The van der Waals surface area contributed by atoms with Gasteiger partial charge in [-0.1, -0.05) is 0 Å². The third kappa shape index (κ3) is 3.04. The highest BCUT2D eigenvalue weighted by atomic mass is 19.2. The van der Waals surface area contributed by atoms with Gasteiger partial charge in [0.15, 0.2) is 11.6 Å². The number of nitrogens with zero attached hydrogens (tertiary/aromatic N) is 2. The van der Waals surface area contributed by atoms with Crippen molar-refractivity contribution in [2.24, 2.45) is 0 Å². The Morgan fingerprint density at radius 2 is 1.71 bits per heavy atom. The van der Waals surface area contributed by atoms with Crippen LogP contribution >= 0.6 is 0 Å². The van der Waals surface area contributed by atoms with Crippen LogP contribution < -0.4 is 0 Å². The van der Waals surface area contributed by atoms with Gasteiger partial charge in [0.1, 0.15) is 11.4 Å². The van der Waals surface area contributed by atoms with E-state index in [-0.39, 0.29) is 5.57 Å². The number of halogens is 3. The first kappa shape index (κ1) is 16.7. The van der Waals surface area contributed by atoms with Gasteiger partial charge in [-0.3, -0.25) is 14.9 Å². The third-order valence-corrected chi connectivity index (χ3v) is 2.74. The predicted molar refractivity (Wildman–Crippen MR) is 69.5 cm³/mol. The van der Waals surface area contributed by atoms with E-state index in [1.165, 1.54) is 18.0 Å². The molecule has 0 aliphatic carbocycles. The molecule has 1 aromatic carbocycles. The van der Waals surface area contributed by atoms with Crippen LogP contribution in [0.2, 0.25) is 0 Å². The lowest BCUT2D eigenvalue weighted by molar-refractivity contribution is -0.388. The zero-order valence-corrected chi connectivity index (χ0v) is 11.8. The second kappa shape index (κ2) is 5.94. The van der Waals surface area contributed by atoms with Crippen LogP contribution in [0.4, 0.5) is 18.9 Å². The van der Waals surface area contributed by atoms with Crippen molar-refractivity contribution in [3.05, 3.63) is 50.5 Å². The normalized spacial score (nSPS) is 11.5. The summed E-state index contributed by atoms with van der Waals surface area (Å²) in [5, 5.41) is 10.9. The van der Waals surface area contributed by atoms with E-state index in [0.29, 0.717) is 0 Å². The van der Waals surface area contributed by atoms with Gasteiger partial charge in [0.25, 0.3) is 0 Å².